The number of amides is 2. The fraction of sp³-hybridized carbons (Fsp3) is 0.286. The number of imide groups is 1. The van der Waals surface area contributed by atoms with Crippen molar-refractivity contribution in [2.75, 3.05) is 24.7 Å². The van der Waals surface area contributed by atoms with E-state index in [1.54, 1.807) is 19.1 Å². The maximum absolute atomic E-state index is 12.1. The fourth-order valence-electron chi connectivity index (χ4n) is 2.09. The van der Waals surface area contributed by atoms with E-state index in [0.29, 0.717) is 0 Å². The molecule has 1 aliphatic rings. The number of nitrogens with zero attached hydrogens (tertiary/aromatic N) is 1. The molecule has 1 aliphatic heterocycles. The summed E-state index contributed by atoms with van der Waals surface area (Å²) in [6.45, 7) is 1.31. The van der Waals surface area contributed by atoms with Crippen molar-refractivity contribution in [2.24, 2.45) is 0 Å². The first-order valence-corrected chi connectivity index (χ1v) is 8.39. The Kier molecular flexibility index (Phi) is 4.34. The Morgan fingerprint density at radius 2 is 1.95 bits per heavy atom. The van der Waals surface area contributed by atoms with Crippen molar-refractivity contribution in [3.05, 3.63) is 35.5 Å². The molecule has 0 saturated carbocycles. The van der Waals surface area contributed by atoms with Crippen molar-refractivity contribution < 1.29 is 23.1 Å². The minimum Gasteiger partial charge on any atom is -0.395 e. The molecule has 0 saturated heterocycles. The number of sulfone groups is 1. The molecule has 118 valence electrons. The number of hydrogen-bond acceptors (Lipinski definition) is 6. The third-order valence-electron chi connectivity index (χ3n) is 3.14. The second-order valence-corrected chi connectivity index (χ2v) is 6.96. The minimum absolute atomic E-state index is 0.0211. The molecule has 1 heterocycles. The van der Waals surface area contributed by atoms with Gasteiger partial charge in [-0.3, -0.25) is 14.5 Å². The molecule has 0 fully saturated rings. The third-order valence-corrected chi connectivity index (χ3v) is 4.28. The van der Waals surface area contributed by atoms with E-state index in [2.05, 4.69) is 5.32 Å². The number of anilines is 1. The van der Waals surface area contributed by atoms with Crippen LogP contribution < -0.4 is 5.32 Å². The Bertz CT molecular complexity index is 767. The van der Waals surface area contributed by atoms with Crippen molar-refractivity contribution in [3.63, 3.8) is 0 Å². The van der Waals surface area contributed by atoms with Crippen LogP contribution >= 0.6 is 0 Å². The van der Waals surface area contributed by atoms with Crippen LogP contribution in [0, 0.1) is 6.92 Å². The lowest BCUT2D eigenvalue weighted by molar-refractivity contribution is -0.137. The highest BCUT2D eigenvalue weighted by Crippen LogP contribution is 2.25. The number of rotatable bonds is 5. The number of benzene rings is 1. The molecule has 2 N–H and O–H groups in total. The average Bonchev–Trinajstić information content (AvgIpc) is 2.68. The zero-order valence-electron chi connectivity index (χ0n) is 12.2. The van der Waals surface area contributed by atoms with E-state index in [9.17, 15) is 18.0 Å². The zero-order valence-corrected chi connectivity index (χ0v) is 13.0. The van der Waals surface area contributed by atoms with Gasteiger partial charge in [0, 0.05) is 12.3 Å². The van der Waals surface area contributed by atoms with Gasteiger partial charge in [0.05, 0.1) is 23.7 Å². The van der Waals surface area contributed by atoms with Crippen molar-refractivity contribution in [3.8, 4) is 0 Å². The average molecular weight is 324 g/mol. The van der Waals surface area contributed by atoms with Crippen molar-refractivity contribution in [1.82, 2.24) is 4.90 Å². The molecule has 22 heavy (non-hydrogen) atoms. The molecule has 0 bridgehead atoms. The minimum atomic E-state index is -3.49. The van der Waals surface area contributed by atoms with Gasteiger partial charge in [-0.2, -0.15) is 0 Å². The molecule has 2 rings (SSSR count). The highest BCUT2D eigenvalue weighted by atomic mass is 32.2. The van der Waals surface area contributed by atoms with Crippen molar-refractivity contribution >= 4 is 27.3 Å². The van der Waals surface area contributed by atoms with Gasteiger partial charge in [0.1, 0.15) is 5.70 Å². The lowest BCUT2D eigenvalue weighted by Crippen LogP contribution is -2.34. The summed E-state index contributed by atoms with van der Waals surface area (Å²) in [5.41, 5.74) is 0.967. The topological polar surface area (TPSA) is 104 Å². The lowest BCUT2D eigenvalue weighted by atomic mass is 10.2. The third kappa shape index (κ3) is 3.18. The first kappa shape index (κ1) is 16.2. The summed E-state index contributed by atoms with van der Waals surface area (Å²) in [4.78, 5) is 24.7. The molecule has 0 aromatic heterocycles. The zero-order chi connectivity index (χ0) is 16.5. The molecule has 0 atom stereocenters. The van der Waals surface area contributed by atoms with Gasteiger partial charge in [0.15, 0.2) is 9.84 Å². The van der Waals surface area contributed by atoms with Gasteiger partial charge < -0.3 is 10.4 Å². The summed E-state index contributed by atoms with van der Waals surface area (Å²) >= 11 is 0. The van der Waals surface area contributed by atoms with Gasteiger partial charge in [-0.15, -0.1) is 0 Å². The highest BCUT2D eigenvalue weighted by molar-refractivity contribution is 7.90. The molecule has 0 aliphatic carbocycles. The number of aliphatic hydroxyl groups is 1. The number of aliphatic hydroxyl groups excluding tert-OH is 1. The highest BCUT2D eigenvalue weighted by Gasteiger charge is 2.31. The number of carbonyl (C=O) groups is 2. The monoisotopic (exact) mass is 324 g/mol. The second kappa shape index (κ2) is 5.90. The quantitative estimate of drug-likeness (QED) is 0.742. The largest absolute Gasteiger partial charge is 0.395 e. The van der Waals surface area contributed by atoms with Crippen LogP contribution in [0.1, 0.15) is 5.56 Å². The molecule has 7 nitrogen and oxygen atoms in total. The van der Waals surface area contributed by atoms with Crippen molar-refractivity contribution in [2.45, 2.75) is 11.8 Å². The Labute approximate surface area is 128 Å². The summed E-state index contributed by atoms with van der Waals surface area (Å²) < 4.78 is 23.7. The molecule has 2 amide bonds. The van der Waals surface area contributed by atoms with Crippen LogP contribution in [0.5, 0.6) is 0 Å². The van der Waals surface area contributed by atoms with Crippen LogP contribution in [0.25, 0.3) is 0 Å². The number of β-amino-alcohol motifs (C(OH)–C–C–N with tert-alkyl or cyclic N) is 1. The Morgan fingerprint density at radius 1 is 1.27 bits per heavy atom. The van der Waals surface area contributed by atoms with Crippen LogP contribution in [0.2, 0.25) is 0 Å². The number of hydrogen-bond donors (Lipinski definition) is 2. The van der Waals surface area contributed by atoms with Gasteiger partial charge in [-0.05, 0) is 24.6 Å². The van der Waals surface area contributed by atoms with E-state index >= 15 is 0 Å². The number of carbonyl (C=O) groups excluding carboxylic acids is 2. The Morgan fingerprint density at radius 3 is 2.55 bits per heavy atom. The normalized spacial score (nSPS) is 15.2. The SMILES string of the molecule is Cc1ccc(NC2=CC(=O)N(CCO)C2=O)c(S(C)(=O)=O)c1. The summed E-state index contributed by atoms with van der Waals surface area (Å²) in [6.07, 6.45) is 2.16. The smallest absolute Gasteiger partial charge is 0.277 e. The molecule has 1 aromatic carbocycles. The standard InChI is InChI=1S/C14H16N2O5S/c1-9-3-4-10(12(7-9)22(2,20)21)15-11-8-13(18)16(5-6-17)14(11)19/h3-4,7-8,15,17H,5-6H2,1-2H3. The maximum Gasteiger partial charge on any atom is 0.277 e. The van der Waals surface area contributed by atoms with E-state index in [1.807, 2.05) is 0 Å². The van der Waals surface area contributed by atoms with Crippen LogP contribution in [-0.2, 0) is 19.4 Å². The summed E-state index contributed by atoms with van der Waals surface area (Å²) in [5, 5.41) is 11.6. The van der Waals surface area contributed by atoms with E-state index in [1.165, 1.54) is 6.07 Å². The van der Waals surface area contributed by atoms with Crippen LogP contribution in [0.3, 0.4) is 0 Å². The Balaban J connectivity index is 2.35. The van der Waals surface area contributed by atoms with Crippen LogP contribution in [0.15, 0.2) is 34.9 Å². The van der Waals surface area contributed by atoms with Gasteiger partial charge in [0.25, 0.3) is 11.8 Å². The van der Waals surface area contributed by atoms with E-state index in [0.717, 1.165) is 22.8 Å². The predicted molar refractivity (Wildman–Crippen MR) is 79.8 cm³/mol. The van der Waals surface area contributed by atoms with Gasteiger partial charge >= 0.3 is 0 Å². The molecular formula is C14H16N2O5S. The van der Waals surface area contributed by atoms with Crippen LogP contribution in [0.4, 0.5) is 5.69 Å². The first-order valence-electron chi connectivity index (χ1n) is 6.50. The van der Waals surface area contributed by atoms with Gasteiger partial charge in [-0.25, -0.2) is 8.42 Å². The molecule has 8 heteroatoms. The first-order chi connectivity index (χ1) is 10.2. The summed E-state index contributed by atoms with van der Waals surface area (Å²) in [6, 6.07) is 4.73. The molecular weight excluding hydrogens is 308 g/mol. The van der Waals surface area contributed by atoms with Gasteiger partial charge in [0.2, 0.25) is 0 Å². The van der Waals surface area contributed by atoms with E-state index in [4.69, 9.17) is 5.11 Å². The summed E-state index contributed by atoms with van der Waals surface area (Å²) in [5.74, 6) is -1.14. The lowest BCUT2D eigenvalue weighted by Gasteiger charge is -2.15. The molecule has 0 unspecified atom stereocenters. The van der Waals surface area contributed by atoms with E-state index < -0.39 is 21.7 Å². The van der Waals surface area contributed by atoms with Gasteiger partial charge in [-0.1, -0.05) is 6.07 Å². The maximum atomic E-state index is 12.1. The molecule has 1 aromatic rings. The number of nitrogens with one attached hydrogen (secondary N) is 1. The fourth-order valence-corrected chi connectivity index (χ4v) is 3.01. The summed E-state index contributed by atoms with van der Waals surface area (Å²) in [7, 11) is -3.49. The van der Waals surface area contributed by atoms with E-state index in [-0.39, 0.29) is 29.4 Å². The van der Waals surface area contributed by atoms with Crippen LogP contribution in [-0.4, -0.2) is 49.6 Å². The second-order valence-electron chi connectivity index (χ2n) is 4.97. The van der Waals surface area contributed by atoms with Crippen molar-refractivity contribution in [1.29, 1.82) is 0 Å². The predicted octanol–water partition coefficient (Wildman–Crippen LogP) is 0.0554. The number of aryl methyl sites for hydroxylation is 1. The molecule has 0 radical (unpaired) electrons. The Hall–Kier alpha value is -2.19. The molecule has 0 spiro atoms.